The van der Waals surface area contributed by atoms with Crippen LogP contribution >= 0.6 is 0 Å². The summed E-state index contributed by atoms with van der Waals surface area (Å²) in [6.07, 6.45) is -8.25. The molecule has 5 saturated heterocycles. The number of likely N-dealkylation sites (N-methyl/N-ethyl adjacent to an activating group) is 2. The van der Waals surface area contributed by atoms with Gasteiger partial charge in [0.05, 0.1) is 6.10 Å². The Morgan fingerprint density at radius 3 is 2.05 bits per heavy atom. The predicted molar refractivity (Wildman–Crippen MR) is 241 cm³/mol. The van der Waals surface area contributed by atoms with Gasteiger partial charge in [-0.15, -0.1) is 0 Å². The number of hydrogen-bond donors (Lipinski definition) is 2. The summed E-state index contributed by atoms with van der Waals surface area (Å²) in [7, 11) is 0.894. The summed E-state index contributed by atoms with van der Waals surface area (Å²) in [5, 5.41) is 2.80. The van der Waals surface area contributed by atoms with Gasteiger partial charge in [0, 0.05) is 32.4 Å². The molecule has 20 nitrogen and oxygen atoms in total. The van der Waals surface area contributed by atoms with Gasteiger partial charge in [0.2, 0.25) is 5.91 Å². The number of aromatic amines is 1. The number of fused-ring (bicyclic) bond motifs is 2. The SMILES string of the molecule is CCC1(CC)O[C@H]2[C@H](O[C@H]([C@H]3O[C@@H](n4ccc(=O)[nH]c4=O)[C@@H]4OC(C)(C)O[C@H]34)[C@H]3C(=O)N(C)[C@H](C(=O)OC(C)(C)C)[C@@H](O[Si](CC)(CC)CC)CN3C)O[C@H](CNC(=O)OC(C)(C)C)[C@H]2O1. The van der Waals surface area contributed by atoms with E-state index < -0.39 is 134 Å². The first kappa shape index (κ1) is 52.1. The van der Waals surface area contributed by atoms with Crippen LogP contribution in [0.4, 0.5) is 4.79 Å². The van der Waals surface area contributed by atoms with E-state index in [0.29, 0.717) is 12.8 Å². The van der Waals surface area contributed by atoms with Crippen molar-refractivity contribution in [2.75, 3.05) is 27.2 Å². The van der Waals surface area contributed by atoms with Crippen LogP contribution in [0.25, 0.3) is 0 Å². The average molecular weight is 954 g/mol. The maximum atomic E-state index is 15.5. The van der Waals surface area contributed by atoms with Crippen LogP contribution in [0.1, 0.15) is 109 Å². The highest BCUT2D eigenvalue weighted by Gasteiger charge is 2.64. The Balaban J connectivity index is 1.47. The fourth-order valence-corrected chi connectivity index (χ4v) is 12.7. The molecule has 6 rings (SSSR count). The molecular weight excluding hydrogens is 879 g/mol. The van der Waals surface area contributed by atoms with Gasteiger partial charge in [-0.3, -0.25) is 24.0 Å². The van der Waals surface area contributed by atoms with E-state index in [0.717, 1.165) is 18.1 Å². The van der Waals surface area contributed by atoms with E-state index in [9.17, 15) is 19.2 Å². The zero-order valence-electron chi connectivity index (χ0n) is 41.5. The fraction of sp³-hybridized carbons (Fsp3) is 0.844. The maximum Gasteiger partial charge on any atom is 0.407 e. The number of esters is 1. The summed E-state index contributed by atoms with van der Waals surface area (Å²) >= 11 is 0. The molecule has 5 aliphatic rings. The second-order valence-electron chi connectivity index (χ2n) is 20.6. The molecule has 6 heterocycles. The molecule has 0 radical (unpaired) electrons. The molecule has 5 fully saturated rings. The van der Waals surface area contributed by atoms with E-state index in [1.165, 1.54) is 21.7 Å². The lowest BCUT2D eigenvalue weighted by Crippen LogP contribution is -2.60. The number of aromatic nitrogens is 2. The molecule has 21 heteroatoms. The molecule has 0 aliphatic carbocycles. The number of carbonyl (C=O) groups excluding carboxylic acids is 3. The molecule has 1 aromatic rings. The highest BCUT2D eigenvalue weighted by molar-refractivity contribution is 6.73. The Morgan fingerprint density at radius 2 is 1.47 bits per heavy atom. The zero-order chi connectivity index (χ0) is 48.9. The lowest BCUT2D eigenvalue weighted by molar-refractivity contribution is -0.277. The van der Waals surface area contributed by atoms with E-state index in [4.69, 9.17) is 47.1 Å². The molecule has 0 spiro atoms. The molecule has 0 saturated carbocycles. The number of amides is 2. The molecule has 0 bridgehead atoms. The lowest BCUT2D eigenvalue weighted by atomic mass is 9.97. The molecule has 374 valence electrons. The van der Waals surface area contributed by atoms with E-state index in [1.807, 2.05) is 13.8 Å². The highest BCUT2D eigenvalue weighted by atomic mass is 28.4. The Hall–Kier alpha value is -3.25. The molecule has 0 unspecified atom stereocenters. The third-order valence-corrected chi connectivity index (χ3v) is 18.0. The van der Waals surface area contributed by atoms with Crippen LogP contribution in [0.3, 0.4) is 0 Å². The molecule has 5 aliphatic heterocycles. The van der Waals surface area contributed by atoms with Crippen molar-refractivity contribution in [1.82, 2.24) is 24.7 Å². The summed E-state index contributed by atoms with van der Waals surface area (Å²) in [6, 6.07) is 1.20. The van der Waals surface area contributed by atoms with E-state index in [2.05, 4.69) is 31.1 Å². The predicted octanol–water partition coefficient (Wildman–Crippen LogP) is 3.76. The quantitative estimate of drug-likeness (QED) is 0.189. The number of rotatable bonds is 15. The van der Waals surface area contributed by atoms with Crippen LogP contribution in [0, 0.1) is 0 Å². The Labute approximate surface area is 389 Å². The van der Waals surface area contributed by atoms with Crippen molar-refractivity contribution in [2.24, 2.45) is 0 Å². The van der Waals surface area contributed by atoms with Gasteiger partial charge in [-0.25, -0.2) is 14.4 Å². The molecule has 2 N–H and O–H groups in total. The number of ether oxygens (including phenoxy) is 9. The van der Waals surface area contributed by atoms with Gasteiger partial charge in [-0.1, -0.05) is 34.6 Å². The van der Waals surface area contributed by atoms with E-state index in [1.54, 1.807) is 74.4 Å². The summed E-state index contributed by atoms with van der Waals surface area (Å²) in [4.78, 5) is 74.0. The number of alkyl carbamates (subject to hydrolysis) is 1. The van der Waals surface area contributed by atoms with Crippen molar-refractivity contribution >= 4 is 26.3 Å². The second-order valence-corrected chi connectivity index (χ2v) is 25.3. The van der Waals surface area contributed by atoms with Gasteiger partial charge in [0.1, 0.15) is 60.0 Å². The third kappa shape index (κ3) is 10.9. The molecule has 0 aromatic carbocycles. The van der Waals surface area contributed by atoms with Crippen LogP contribution in [0.15, 0.2) is 21.9 Å². The molecule has 66 heavy (non-hydrogen) atoms. The molecule has 12 atom stereocenters. The van der Waals surface area contributed by atoms with E-state index >= 15 is 4.79 Å². The van der Waals surface area contributed by atoms with Gasteiger partial charge in [0.25, 0.3) is 5.56 Å². The first-order valence-electron chi connectivity index (χ1n) is 23.6. The van der Waals surface area contributed by atoms with Crippen LogP contribution in [-0.4, -0.2) is 163 Å². The van der Waals surface area contributed by atoms with Gasteiger partial charge < -0.3 is 57.3 Å². The number of H-pyrrole nitrogens is 1. The zero-order valence-corrected chi connectivity index (χ0v) is 42.5. The minimum absolute atomic E-state index is 0.0278. The highest BCUT2D eigenvalue weighted by Crippen LogP contribution is 2.48. The van der Waals surface area contributed by atoms with Crippen LogP contribution in [0.5, 0.6) is 0 Å². The van der Waals surface area contributed by atoms with Crippen molar-refractivity contribution in [1.29, 1.82) is 0 Å². The monoisotopic (exact) mass is 954 g/mol. The minimum Gasteiger partial charge on any atom is -0.458 e. The smallest absolute Gasteiger partial charge is 0.407 e. The summed E-state index contributed by atoms with van der Waals surface area (Å²) in [6.45, 7) is 24.3. The van der Waals surface area contributed by atoms with Crippen molar-refractivity contribution < 1.29 is 61.4 Å². The normalized spacial score (nSPS) is 32.7. The van der Waals surface area contributed by atoms with Crippen LogP contribution < -0.4 is 16.6 Å². The first-order valence-corrected chi connectivity index (χ1v) is 26.1. The molecule has 2 amide bonds. The van der Waals surface area contributed by atoms with Crippen LogP contribution in [0.2, 0.25) is 18.1 Å². The van der Waals surface area contributed by atoms with Gasteiger partial charge in [-0.2, -0.15) is 0 Å². The lowest BCUT2D eigenvalue weighted by Gasteiger charge is -2.39. The average Bonchev–Trinajstić information content (AvgIpc) is 3.93. The Kier molecular flexibility index (Phi) is 15.5. The number of nitrogens with zero attached hydrogens (tertiary/aromatic N) is 3. The molecular formula is C45H75N5O15Si. The van der Waals surface area contributed by atoms with Gasteiger partial charge >= 0.3 is 17.8 Å². The summed E-state index contributed by atoms with van der Waals surface area (Å²) in [5.74, 6) is -3.32. The van der Waals surface area contributed by atoms with Crippen molar-refractivity contribution in [3.63, 3.8) is 0 Å². The number of carbonyl (C=O) groups is 3. The van der Waals surface area contributed by atoms with Crippen molar-refractivity contribution in [3.05, 3.63) is 33.1 Å². The number of hydrogen-bond acceptors (Lipinski definition) is 16. The van der Waals surface area contributed by atoms with Crippen LogP contribution in [-0.2, 0) is 56.6 Å². The minimum atomic E-state index is -2.43. The maximum absolute atomic E-state index is 15.5. The molecule has 1 aromatic heterocycles. The summed E-state index contributed by atoms with van der Waals surface area (Å²) in [5.41, 5.74) is -2.98. The van der Waals surface area contributed by atoms with Crippen molar-refractivity contribution in [2.45, 2.75) is 217 Å². The van der Waals surface area contributed by atoms with Gasteiger partial charge in [-0.05, 0) is 93.4 Å². The summed E-state index contributed by atoms with van der Waals surface area (Å²) < 4.78 is 66.9. The second kappa shape index (κ2) is 19.6. The first-order chi connectivity index (χ1) is 30.7. The third-order valence-electron chi connectivity index (χ3n) is 13.3. The fourth-order valence-electron chi connectivity index (χ4n) is 9.82. The number of nitrogens with one attached hydrogen (secondary N) is 2. The van der Waals surface area contributed by atoms with Crippen molar-refractivity contribution in [3.8, 4) is 0 Å². The Morgan fingerprint density at radius 1 is 0.864 bits per heavy atom. The topological polar surface area (TPSA) is 217 Å². The Bertz CT molecular complexity index is 2000. The largest absolute Gasteiger partial charge is 0.458 e. The standard InChI is InChI=1S/C45H75N5O15Si/c1-16-45(17-2)61-30-25(23-46-41(55)64-43(9,10)11)56-39(35(30)62-45)58-31(32-33-34(60-44(12,13)59-33)37(57-32)50-22-21-27(51)47-40(50)54)29-36(52)49(15)28(38(53)63-42(6,7)8)26(24-48(29)14)65-66(18-3,19-4)20-5/h21-22,25-26,28-35,37,39H,16-20,23-24H2,1-15H3,(H,46,55)(H,47,51,54)/t25-,26+,28+,29+,30-,31+,32-,33-,34-,35-,37-,39+/m1/s1. The van der Waals surface area contributed by atoms with Gasteiger partial charge in [0.15, 0.2) is 38.5 Å². The van der Waals surface area contributed by atoms with E-state index in [-0.39, 0.29) is 13.1 Å².